The number of aliphatic carboxylic acids is 1. The molecule has 0 saturated heterocycles. The van der Waals surface area contributed by atoms with Crippen LogP contribution in [0.15, 0.2) is 24.3 Å². The Hall–Kier alpha value is -2.08. The molecule has 1 aromatic rings. The Bertz CT molecular complexity index is 531. The summed E-state index contributed by atoms with van der Waals surface area (Å²) in [5, 5.41) is 21.4. The number of anilines is 1. The Morgan fingerprint density at radius 2 is 1.76 bits per heavy atom. The fourth-order valence-electron chi connectivity index (χ4n) is 1.66. The second kappa shape index (κ2) is 6.13. The lowest BCUT2D eigenvalue weighted by Crippen LogP contribution is -2.37. The number of nitrogens with one attached hydrogen (secondary N) is 1. The van der Waals surface area contributed by atoms with Crippen LogP contribution in [0.25, 0.3) is 0 Å². The SMILES string of the molecule is CC(C)(C)OC(=O)Nc1ccccc1CC(C)(O)C(=O)O. The molecule has 1 aromatic carbocycles. The maximum Gasteiger partial charge on any atom is 0.412 e. The van der Waals surface area contributed by atoms with Gasteiger partial charge in [0.05, 0.1) is 0 Å². The smallest absolute Gasteiger partial charge is 0.412 e. The Kier molecular flexibility index (Phi) is 4.96. The molecule has 0 radical (unpaired) electrons. The zero-order valence-electron chi connectivity index (χ0n) is 12.6. The molecule has 1 rings (SSSR count). The van der Waals surface area contributed by atoms with Gasteiger partial charge < -0.3 is 14.9 Å². The minimum Gasteiger partial charge on any atom is -0.479 e. The minimum atomic E-state index is -1.91. The average molecular weight is 295 g/mol. The number of carbonyl (C=O) groups excluding carboxylic acids is 1. The fraction of sp³-hybridized carbons (Fsp3) is 0.467. The molecule has 0 saturated carbocycles. The van der Waals surface area contributed by atoms with E-state index in [1.165, 1.54) is 6.92 Å². The third-order valence-electron chi connectivity index (χ3n) is 2.65. The molecule has 1 amide bonds. The number of amides is 1. The molecule has 3 N–H and O–H groups in total. The first-order valence-corrected chi connectivity index (χ1v) is 6.55. The van der Waals surface area contributed by atoms with Crippen molar-refractivity contribution >= 4 is 17.7 Å². The summed E-state index contributed by atoms with van der Waals surface area (Å²) in [6.45, 7) is 6.44. The van der Waals surface area contributed by atoms with Crippen LogP contribution >= 0.6 is 0 Å². The number of hydrogen-bond acceptors (Lipinski definition) is 4. The van der Waals surface area contributed by atoms with Crippen LogP contribution in [0, 0.1) is 0 Å². The van der Waals surface area contributed by atoms with E-state index in [1.807, 2.05) is 0 Å². The molecular weight excluding hydrogens is 274 g/mol. The van der Waals surface area contributed by atoms with Crippen LogP contribution in [-0.2, 0) is 16.0 Å². The van der Waals surface area contributed by atoms with Crippen molar-refractivity contribution in [3.63, 3.8) is 0 Å². The van der Waals surface area contributed by atoms with E-state index in [-0.39, 0.29) is 6.42 Å². The van der Waals surface area contributed by atoms with Crippen LogP contribution in [-0.4, -0.2) is 33.5 Å². The van der Waals surface area contributed by atoms with Gasteiger partial charge in [0.1, 0.15) is 5.60 Å². The van der Waals surface area contributed by atoms with Gasteiger partial charge in [-0.1, -0.05) is 18.2 Å². The maximum absolute atomic E-state index is 11.8. The normalized spacial score (nSPS) is 14.1. The van der Waals surface area contributed by atoms with Crippen molar-refractivity contribution < 1.29 is 24.5 Å². The highest BCUT2D eigenvalue weighted by molar-refractivity contribution is 5.86. The van der Waals surface area contributed by atoms with E-state index in [2.05, 4.69) is 5.32 Å². The van der Waals surface area contributed by atoms with E-state index in [9.17, 15) is 14.7 Å². The van der Waals surface area contributed by atoms with Crippen LogP contribution in [0.3, 0.4) is 0 Å². The van der Waals surface area contributed by atoms with Gasteiger partial charge in [-0.05, 0) is 39.3 Å². The molecule has 6 heteroatoms. The summed E-state index contributed by atoms with van der Waals surface area (Å²) < 4.78 is 5.15. The number of hydrogen-bond donors (Lipinski definition) is 3. The summed E-state index contributed by atoms with van der Waals surface area (Å²) in [4.78, 5) is 22.8. The van der Waals surface area contributed by atoms with Crippen LogP contribution in [0.1, 0.15) is 33.3 Å². The van der Waals surface area contributed by atoms with Gasteiger partial charge in [-0.3, -0.25) is 5.32 Å². The first kappa shape index (κ1) is 17.0. The van der Waals surface area contributed by atoms with Crippen molar-refractivity contribution in [2.24, 2.45) is 0 Å². The van der Waals surface area contributed by atoms with Gasteiger partial charge in [0.2, 0.25) is 0 Å². The third kappa shape index (κ3) is 5.43. The van der Waals surface area contributed by atoms with Crippen molar-refractivity contribution in [3.05, 3.63) is 29.8 Å². The van der Waals surface area contributed by atoms with Gasteiger partial charge >= 0.3 is 12.1 Å². The van der Waals surface area contributed by atoms with Gasteiger partial charge in [0.25, 0.3) is 0 Å². The summed E-state index contributed by atoms with van der Waals surface area (Å²) >= 11 is 0. The molecule has 0 aliphatic rings. The van der Waals surface area contributed by atoms with Crippen molar-refractivity contribution in [1.82, 2.24) is 0 Å². The van der Waals surface area contributed by atoms with E-state index >= 15 is 0 Å². The molecule has 0 bridgehead atoms. The number of benzene rings is 1. The first-order valence-electron chi connectivity index (χ1n) is 6.55. The second-order valence-electron chi connectivity index (χ2n) is 6.04. The molecule has 1 atom stereocenters. The number of carboxylic acid groups (broad SMARTS) is 1. The van der Waals surface area contributed by atoms with Crippen LogP contribution in [0.5, 0.6) is 0 Å². The lowest BCUT2D eigenvalue weighted by Gasteiger charge is -2.22. The Labute approximate surface area is 123 Å². The maximum atomic E-state index is 11.8. The Balaban J connectivity index is 2.90. The van der Waals surface area contributed by atoms with E-state index in [4.69, 9.17) is 9.84 Å². The van der Waals surface area contributed by atoms with Crippen molar-refractivity contribution in [2.45, 2.75) is 45.3 Å². The highest BCUT2D eigenvalue weighted by Gasteiger charge is 2.31. The van der Waals surface area contributed by atoms with E-state index in [0.29, 0.717) is 11.3 Å². The van der Waals surface area contributed by atoms with Crippen LogP contribution in [0.2, 0.25) is 0 Å². The summed E-state index contributed by atoms with van der Waals surface area (Å²) in [6.07, 6.45) is -0.765. The van der Waals surface area contributed by atoms with Crippen LogP contribution in [0.4, 0.5) is 10.5 Å². The van der Waals surface area contributed by atoms with E-state index < -0.39 is 23.3 Å². The van der Waals surface area contributed by atoms with Gasteiger partial charge in [-0.15, -0.1) is 0 Å². The predicted octanol–water partition coefficient (Wildman–Crippen LogP) is 2.41. The molecule has 0 aromatic heterocycles. The summed E-state index contributed by atoms with van der Waals surface area (Å²) in [5.41, 5.74) is -1.62. The highest BCUT2D eigenvalue weighted by atomic mass is 16.6. The number of para-hydroxylation sites is 1. The average Bonchev–Trinajstić information content (AvgIpc) is 2.28. The zero-order chi connectivity index (χ0) is 16.3. The number of ether oxygens (including phenoxy) is 1. The molecule has 6 nitrogen and oxygen atoms in total. The van der Waals surface area contributed by atoms with Crippen LogP contribution < -0.4 is 5.32 Å². The quantitative estimate of drug-likeness (QED) is 0.792. The summed E-state index contributed by atoms with van der Waals surface area (Å²) in [7, 11) is 0. The molecule has 0 heterocycles. The van der Waals surface area contributed by atoms with Gasteiger partial charge in [-0.25, -0.2) is 9.59 Å². The molecule has 21 heavy (non-hydrogen) atoms. The highest BCUT2D eigenvalue weighted by Crippen LogP contribution is 2.22. The molecule has 0 aliphatic heterocycles. The first-order chi connectivity index (χ1) is 9.51. The molecule has 0 fully saturated rings. The molecule has 0 aliphatic carbocycles. The van der Waals surface area contributed by atoms with Crippen molar-refractivity contribution in [2.75, 3.05) is 5.32 Å². The standard InChI is InChI=1S/C15H21NO5/c1-14(2,3)21-13(19)16-11-8-6-5-7-10(11)9-15(4,20)12(17)18/h5-8,20H,9H2,1-4H3,(H,16,19)(H,17,18). The topological polar surface area (TPSA) is 95.9 Å². The lowest BCUT2D eigenvalue weighted by atomic mass is 9.95. The number of carboxylic acids is 1. The summed E-state index contributed by atoms with van der Waals surface area (Å²) in [5.74, 6) is -1.32. The molecule has 1 unspecified atom stereocenters. The Morgan fingerprint density at radius 3 is 2.29 bits per heavy atom. The zero-order valence-corrected chi connectivity index (χ0v) is 12.6. The van der Waals surface area contributed by atoms with Gasteiger partial charge in [-0.2, -0.15) is 0 Å². The Morgan fingerprint density at radius 1 is 1.19 bits per heavy atom. The van der Waals surface area contributed by atoms with Crippen molar-refractivity contribution in [3.8, 4) is 0 Å². The third-order valence-corrected chi connectivity index (χ3v) is 2.65. The van der Waals surface area contributed by atoms with Gasteiger partial charge in [0, 0.05) is 12.1 Å². The largest absolute Gasteiger partial charge is 0.479 e. The second-order valence-corrected chi connectivity index (χ2v) is 6.04. The number of carbonyl (C=O) groups is 2. The predicted molar refractivity (Wildman–Crippen MR) is 78.3 cm³/mol. The lowest BCUT2D eigenvalue weighted by molar-refractivity contribution is -0.156. The van der Waals surface area contributed by atoms with E-state index in [1.54, 1.807) is 45.0 Å². The van der Waals surface area contributed by atoms with Gasteiger partial charge in [0.15, 0.2) is 5.60 Å². The molecule has 0 spiro atoms. The number of rotatable bonds is 4. The monoisotopic (exact) mass is 295 g/mol. The molecule has 116 valence electrons. The van der Waals surface area contributed by atoms with E-state index in [0.717, 1.165) is 0 Å². The summed E-state index contributed by atoms with van der Waals surface area (Å²) in [6, 6.07) is 6.67. The fourth-order valence-corrected chi connectivity index (χ4v) is 1.66. The number of aliphatic hydroxyl groups is 1. The van der Waals surface area contributed by atoms with Crippen molar-refractivity contribution in [1.29, 1.82) is 0 Å². The molecular formula is C15H21NO5. The minimum absolute atomic E-state index is 0.131.